The first-order chi connectivity index (χ1) is 30.2. The molecule has 0 aliphatic heterocycles. The molecule has 61 heavy (non-hydrogen) atoms. The molecule has 0 saturated heterocycles. The van der Waals surface area contributed by atoms with E-state index in [-0.39, 0.29) is 0 Å². The minimum Gasteiger partial charge on any atom is -0.309 e. The van der Waals surface area contributed by atoms with Crippen molar-refractivity contribution in [3.05, 3.63) is 211 Å². The highest BCUT2D eigenvalue weighted by molar-refractivity contribution is 6.14. The number of hydrogen-bond acceptors (Lipinski definition) is 2. The van der Waals surface area contributed by atoms with Gasteiger partial charge in [0.1, 0.15) is 0 Å². The van der Waals surface area contributed by atoms with Gasteiger partial charge in [0, 0.05) is 49.4 Å². The summed E-state index contributed by atoms with van der Waals surface area (Å²) in [7, 11) is 0. The summed E-state index contributed by atoms with van der Waals surface area (Å²) in [4.78, 5) is 0. The summed E-state index contributed by atoms with van der Waals surface area (Å²) >= 11 is 0. The summed E-state index contributed by atoms with van der Waals surface area (Å²) in [5.74, 6) is 0. The van der Waals surface area contributed by atoms with Gasteiger partial charge in [0.05, 0.1) is 56.4 Å². The first kappa shape index (κ1) is 34.4. The van der Waals surface area contributed by atoms with E-state index < -0.39 is 0 Å². The van der Waals surface area contributed by atoms with Gasteiger partial charge in [-0.3, -0.25) is 0 Å². The van der Waals surface area contributed by atoms with Gasteiger partial charge >= 0.3 is 0 Å². The smallest absolute Gasteiger partial charge is 0.0992 e. The largest absolute Gasteiger partial charge is 0.309 e. The lowest BCUT2D eigenvalue weighted by Gasteiger charge is -2.16. The topological polar surface area (TPSA) is 62.4 Å². The van der Waals surface area contributed by atoms with Crippen molar-refractivity contribution in [1.82, 2.24) is 13.7 Å². The number of benzene rings is 9. The lowest BCUT2D eigenvalue weighted by atomic mass is 9.92. The van der Waals surface area contributed by atoms with Crippen LogP contribution in [0.1, 0.15) is 11.1 Å². The summed E-state index contributed by atoms with van der Waals surface area (Å²) in [5, 5.41) is 27.0. The molecule has 12 aromatic rings. The highest BCUT2D eigenvalue weighted by Crippen LogP contribution is 2.41. The van der Waals surface area contributed by atoms with Crippen LogP contribution in [0.3, 0.4) is 0 Å². The minimum atomic E-state index is 0.456. The maximum atomic E-state index is 9.89. The molecule has 3 heterocycles. The average Bonchev–Trinajstić information content (AvgIpc) is 3.96. The molecule has 12 rings (SSSR count). The van der Waals surface area contributed by atoms with E-state index in [0.717, 1.165) is 61.1 Å². The molecular weight excluding hydrogens is 743 g/mol. The second kappa shape index (κ2) is 13.5. The molecule has 0 bridgehead atoms. The molecule has 0 amide bonds. The predicted octanol–water partition coefficient (Wildman–Crippen LogP) is 14.1. The van der Waals surface area contributed by atoms with Gasteiger partial charge in [0.15, 0.2) is 0 Å². The number of para-hydroxylation sites is 4. The fourth-order valence-corrected chi connectivity index (χ4v) is 9.65. The van der Waals surface area contributed by atoms with Crippen LogP contribution < -0.4 is 0 Å². The zero-order valence-electron chi connectivity index (χ0n) is 32.8. The molecule has 0 radical (unpaired) electrons. The number of nitriles is 2. The molecule has 0 N–H and O–H groups in total. The van der Waals surface area contributed by atoms with Crippen LogP contribution in [-0.4, -0.2) is 13.7 Å². The van der Waals surface area contributed by atoms with Crippen molar-refractivity contribution in [2.45, 2.75) is 0 Å². The van der Waals surface area contributed by atoms with Crippen LogP contribution >= 0.6 is 0 Å². The Bertz CT molecular complexity index is 3540. The van der Waals surface area contributed by atoms with Crippen molar-refractivity contribution in [3.63, 3.8) is 0 Å². The first-order valence-corrected chi connectivity index (χ1v) is 20.4. The van der Waals surface area contributed by atoms with Gasteiger partial charge < -0.3 is 13.7 Å². The molecule has 5 heteroatoms. The van der Waals surface area contributed by atoms with Crippen LogP contribution in [0.2, 0.25) is 0 Å². The number of hydrogen-bond donors (Lipinski definition) is 0. The normalized spacial score (nSPS) is 11.6. The quantitative estimate of drug-likeness (QED) is 0.175. The maximum absolute atomic E-state index is 9.89. The first-order valence-electron chi connectivity index (χ1n) is 20.4. The molecule has 3 aromatic heterocycles. The minimum absolute atomic E-state index is 0.456. The Morgan fingerprint density at radius 2 is 0.656 bits per heavy atom. The third-order valence-corrected chi connectivity index (χ3v) is 12.3. The Hall–Kier alpha value is -8.64. The third kappa shape index (κ3) is 5.25. The zero-order valence-corrected chi connectivity index (χ0v) is 32.8. The van der Waals surface area contributed by atoms with Crippen LogP contribution in [0.5, 0.6) is 0 Å². The number of nitrogens with zero attached hydrogens (tertiary/aromatic N) is 5. The molecule has 0 fully saturated rings. The van der Waals surface area contributed by atoms with E-state index in [0.29, 0.717) is 11.1 Å². The van der Waals surface area contributed by atoms with Gasteiger partial charge in [0.2, 0.25) is 0 Å². The van der Waals surface area contributed by atoms with Crippen LogP contribution in [0.25, 0.3) is 105 Å². The van der Waals surface area contributed by atoms with Gasteiger partial charge in [-0.15, -0.1) is 0 Å². The fourth-order valence-electron chi connectivity index (χ4n) is 9.65. The van der Waals surface area contributed by atoms with Gasteiger partial charge in [0.25, 0.3) is 0 Å². The van der Waals surface area contributed by atoms with Gasteiger partial charge in [-0.05, 0) is 113 Å². The lowest BCUT2D eigenvalue weighted by molar-refractivity contribution is 1.16. The summed E-state index contributed by atoms with van der Waals surface area (Å²) in [6.07, 6.45) is 0. The second-order valence-electron chi connectivity index (χ2n) is 15.6. The SMILES string of the molecule is N#Cc1cc(C#N)cc(-c2ccc(-n3c4ccc(-n5c6ccccc6c6ccccc65)cc4c4cc(-n5c6ccccc6c6ccccc65)ccc43)cc2-c2ccccc2)c1. The maximum Gasteiger partial charge on any atom is 0.0992 e. The van der Waals surface area contributed by atoms with E-state index in [4.69, 9.17) is 0 Å². The molecular formula is C56H33N5. The fraction of sp³-hybridized carbons (Fsp3) is 0. The number of rotatable bonds is 5. The molecule has 0 aliphatic carbocycles. The van der Waals surface area contributed by atoms with Crippen molar-refractivity contribution in [3.8, 4) is 51.5 Å². The van der Waals surface area contributed by atoms with Crippen molar-refractivity contribution in [2.75, 3.05) is 0 Å². The van der Waals surface area contributed by atoms with Crippen LogP contribution in [0.4, 0.5) is 0 Å². The van der Waals surface area contributed by atoms with E-state index in [1.807, 2.05) is 30.3 Å². The van der Waals surface area contributed by atoms with Crippen LogP contribution in [-0.2, 0) is 0 Å². The molecule has 0 aliphatic rings. The van der Waals surface area contributed by atoms with E-state index in [9.17, 15) is 10.5 Å². The number of fused-ring (bicyclic) bond motifs is 9. The van der Waals surface area contributed by atoms with E-state index in [1.165, 1.54) is 43.6 Å². The summed E-state index contributed by atoms with van der Waals surface area (Å²) < 4.78 is 7.15. The second-order valence-corrected chi connectivity index (χ2v) is 15.6. The average molecular weight is 776 g/mol. The monoisotopic (exact) mass is 775 g/mol. The van der Waals surface area contributed by atoms with Crippen molar-refractivity contribution >= 4 is 65.4 Å². The predicted molar refractivity (Wildman–Crippen MR) is 250 cm³/mol. The Kier molecular flexibility index (Phi) is 7.59. The van der Waals surface area contributed by atoms with Crippen molar-refractivity contribution in [1.29, 1.82) is 10.5 Å². The highest BCUT2D eigenvalue weighted by Gasteiger charge is 2.20. The molecule has 0 spiro atoms. The van der Waals surface area contributed by atoms with Crippen molar-refractivity contribution < 1.29 is 0 Å². The molecule has 282 valence electrons. The van der Waals surface area contributed by atoms with Crippen LogP contribution in [0.15, 0.2) is 200 Å². The van der Waals surface area contributed by atoms with Crippen LogP contribution in [0, 0.1) is 22.7 Å². The van der Waals surface area contributed by atoms with Gasteiger partial charge in [-0.1, -0.05) is 109 Å². The number of aromatic nitrogens is 3. The third-order valence-electron chi connectivity index (χ3n) is 12.3. The standard InChI is InChI=1S/C56H33N5/c57-34-36-28-37(35-58)30-39(29-36)43-25-22-40(31-48(43)38-12-2-1-3-13-38)61-55-26-23-41(59-51-18-8-4-14-44(51)45-15-5-9-19-52(45)59)32-49(55)50-33-42(24-27-56(50)61)60-53-20-10-6-16-46(53)47-17-7-11-21-54(47)60/h1-33H. The van der Waals surface area contributed by atoms with E-state index in [2.05, 4.69) is 190 Å². The Morgan fingerprint density at radius 3 is 1.10 bits per heavy atom. The highest BCUT2D eigenvalue weighted by atomic mass is 15.0. The Balaban J connectivity index is 1.15. The lowest BCUT2D eigenvalue weighted by Crippen LogP contribution is -1.98. The zero-order chi connectivity index (χ0) is 40.6. The summed E-state index contributed by atoms with van der Waals surface area (Å²) in [6, 6.07) is 75.1. The van der Waals surface area contributed by atoms with E-state index >= 15 is 0 Å². The van der Waals surface area contributed by atoms with Gasteiger partial charge in [-0.25, -0.2) is 0 Å². The summed E-state index contributed by atoms with van der Waals surface area (Å²) in [5.41, 5.74) is 14.8. The molecule has 0 unspecified atom stereocenters. The van der Waals surface area contributed by atoms with E-state index in [1.54, 1.807) is 6.07 Å². The Labute approximate surface area is 351 Å². The molecule has 0 atom stereocenters. The summed E-state index contributed by atoms with van der Waals surface area (Å²) in [6.45, 7) is 0. The molecule has 9 aromatic carbocycles. The molecule has 5 nitrogen and oxygen atoms in total. The van der Waals surface area contributed by atoms with Crippen molar-refractivity contribution in [2.24, 2.45) is 0 Å². The van der Waals surface area contributed by atoms with Gasteiger partial charge in [-0.2, -0.15) is 10.5 Å². The Morgan fingerprint density at radius 1 is 0.279 bits per heavy atom. The molecule has 0 saturated carbocycles.